The van der Waals surface area contributed by atoms with Gasteiger partial charge in [0.15, 0.2) is 0 Å². The van der Waals surface area contributed by atoms with Crippen molar-refractivity contribution < 1.29 is 5.11 Å². The molecule has 1 heterocycles. The molecular weight excluding hydrogens is 262 g/mol. The van der Waals surface area contributed by atoms with Crippen LogP contribution < -0.4 is 5.32 Å². The molecule has 3 rings (SSSR count). The Labute approximate surface area is 116 Å². The highest BCUT2D eigenvalue weighted by molar-refractivity contribution is 6.28. The van der Waals surface area contributed by atoms with Crippen LogP contribution in [-0.4, -0.2) is 27.7 Å². The fourth-order valence-corrected chi connectivity index (χ4v) is 2.84. The Bertz CT molecular complexity index is 590. The van der Waals surface area contributed by atoms with Crippen LogP contribution in [0.2, 0.25) is 5.28 Å². The van der Waals surface area contributed by atoms with Crippen molar-refractivity contribution in [1.82, 2.24) is 9.97 Å². The number of aliphatic hydroxyl groups is 1. The van der Waals surface area contributed by atoms with Crippen molar-refractivity contribution in [1.29, 1.82) is 0 Å². The molecule has 2 aromatic rings. The molecule has 2 N–H and O–H groups in total. The standard InChI is InChI=1S/C14H16ClN3O/c15-14-17-11-6-2-1-5-10(11)13(18-14)16-8-9-4-3-7-12(9)19/h1-2,5-6,9,12,19H,3-4,7-8H2,(H,16,17,18). The van der Waals surface area contributed by atoms with Crippen LogP contribution in [-0.2, 0) is 0 Å². The number of hydrogen-bond acceptors (Lipinski definition) is 4. The lowest BCUT2D eigenvalue weighted by atomic mass is 10.1. The smallest absolute Gasteiger partial charge is 0.224 e. The molecule has 0 amide bonds. The second-order valence-electron chi connectivity index (χ2n) is 5.00. The SMILES string of the molecule is OC1CCCC1CNc1nc(Cl)nc2ccccc12. The first-order valence-electron chi connectivity index (χ1n) is 6.58. The Balaban J connectivity index is 1.84. The first kappa shape index (κ1) is 12.6. The Morgan fingerprint density at radius 3 is 2.89 bits per heavy atom. The van der Waals surface area contributed by atoms with E-state index in [0.29, 0.717) is 5.92 Å². The molecule has 0 radical (unpaired) electrons. The number of rotatable bonds is 3. The third-order valence-electron chi connectivity index (χ3n) is 3.73. The van der Waals surface area contributed by atoms with Crippen LogP contribution in [0.1, 0.15) is 19.3 Å². The van der Waals surface area contributed by atoms with E-state index in [1.165, 1.54) is 0 Å². The average molecular weight is 278 g/mol. The lowest BCUT2D eigenvalue weighted by Crippen LogP contribution is -2.22. The summed E-state index contributed by atoms with van der Waals surface area (Å²) in [4.78, 5) is 8.44. The van der Waals surface area contributed by atoms with Crippen LogP contribution in [0.4, 0.5) is 5.82 Å². The highest BCUT2D eigenvalue weighted by atomic mass is 35.5. The molecular formula is C14H16ClN3O. The van der Waals surface area contributed by atoms with E-state index < -0.39 is 0 Å². The van der Waals surface area contributed by atoms with Gasteiger partial charge >= 0.3 is 0 Å². The summed E-state index contributed by atoms with van der Waals surface area (Å²) in [6.07, 6.45) is 2.86. The molecule has 0 spiro atoms. The van der Waals surface area contributed by atoms with Gasteiger partial charge in [-0.05, 0) is 36.6 Å². The molecule has 0 bridgehead atoms. The van der Waals surface area contributed by atoms with Gasteiger partial charge in [-0.25, -0.2) is 9.97 Å². The molecule has 1 saturated carbocycles. The van der Waals surface area contributed by atoms with Gasteiger partial charge in [0.1, 0.15) is 5.82 Å². The number of fused-ring (bicyclic) bond motifs is 1. The molecule has 2 atom stereocenters. The second-order valence-corrected chi connectivity index (χ2v) is 5.34. The molecule has 1 aromatic heterocycles. The van der Waals surface area contributed by atoms with Crippen molar-refractivity contribution in [2.75, 3.05) is 11.9 Å². The van der Waals surface area contributed by atoms with E-state index in [1.54, 1.807) is 0 Å². The van der Waals surface area contributed by atoms with Crippen LogP contribution in [0, 0.1) is 5.92 Å². The zero-order valence-electron chi connectivity index (χ0n) is 10.5. The monoisotopic (exact) mass is 277 g/mol. The predicted molar refractivity (Wildman–Crippen MR) is 76.4 cm³/mol. The quantitative estimate of drug-likeness (QED) is 0.847. The van der Waals surface area contributed by atoms with Gasteiger partial charge in [0.2, 0.25) is 5.28 Å². The largest absolute Gasteiger partial charge is 0.393 e. The van der Waals surface area contributed by atoms with Gasteiger partial charge < -0.3 is 10.4 Å². The van der Waals surface area contributed by atoms with E-state index in [0.717, 1.165) is 42.5 Å². The number of para-hydroxylation sites is 1. The van der Waals surface area contributed by atoms with E-state index in [1.807, 2.05) is 24.3 Å². The summed E-state index contributed by atoms with van der Waals surface area (Å²) in [7, 11) is 0. The zero-order valence-corrected chi connectivity index (χ0v) is 11.3. The van der Waals surface area contributed by atoms with Crippen molar-refractivity contribution in [2.45, 2.75) is 25.4 Å². The van der Waals surface area contributed by atoms with Crippen LogP contribution in [0.25, 0.3) is 10.9 Å². The molecule has 4 nitrogen and oxygen atoms in total. The van der Waals surface area contributed by atoms with Gasteiger partial charge in [-0.2, -0.15) is 0 Å². The molecule has 100 valence electrons. The summed E-state index contributed by atoms with van der Waals surface area (Å²) in [6.45, 7) is 0.721. The van der Waals surface area contributed by atoms with Gasteiger partial charge in [-0.1, -0.05) is 18.6 Å². The van der Waals surface area contributed by atoms with Crippen molar-refractivity contribution in [2.24, 2.45) is 5.92 Å². The Hall–Kier alpha value is -1.39. The molecule has 5 heteroatoms. The number of nitrogens with one attached hydrogen (secondary N) is 1. The lowest BCUT2D eigenvalue weighted by molar-refractivity contribution is 0.138. The third kappa shape index (κ3) is 2.65. The summed E-state index contributed by atoms with van der Waals surface area (Å²) in [5, 5.41) is 14.3. The highest BCUT2D eigenvalue weighted by Crippen LogP contribution is 2.27. The van der Waals surface area contributed by atoms with Crippen LogP contribution in [0.3, 0.4) is 0 Å². The van der Waals surface area contributed by atoms with E-state index in [2.05, 4.69) is 15.3 Å². The maximum atomic E-state index is 9.84. The number of nitrogens with zero attached hydrogens (tertiary/aromatic N) is 2. The van der Waals surface area contributed by atoms with E-state index in [-0.39, 0.29) is 11.4 Å². The molecule has 0 aliphatic heterocycles. The van der Waals surface area contributed by atoms with Gasteiger partial charge in [-0.3, -0.25) is 0 Å². The minimum atomic E-state index is -0.198. The van der Waals surface area contributed by atoms with Gasteiger partial charge in [0.25, 0.3) is 0 Å². The topological polar surface area (TPSA) is 58.0 Å². The third-order valence-corrected chi connectivity index (χ3v) is 3.90. The lowest BCUT2D eigenvalue weighted by Gasteiger charge is -2.16. The zero-order chi connectivity index (χ0) is 13.2. The minimum Gasteiger partial charge on any atom is -0.393 e. The maximum Gasteiger partial charge on any atom is 0.224 e. The number of anilines is 1. The van der Waals surface area contributed by atoms with Crippen LogP contribution in [0.5, 0.6) is 0 Å². The normalized spacial score (nSPS) is 22.8. The van der Waals surface area contributed by atoms with Crippen LogP contribution >= 0.6 is 11.6 Å². The summed E-state index contributed by atoms with van der Waals surface area (Å²) in [5.74, 6) is 1.04. The van der Waals surface area contributed by atoms with Gasteiger partial charge in [-0.15, -0.1) is 0 Å². The van der Waals surface area contributed by atoms with Crippen molar-refractivity contribution in [3.05, 3.63) is 29.5 Å². The predicted octanol–water partition coefficient (Wildman–Crippen LogP) is 2.86. The first-order valence-corrected chi connectivity index (χ1v) is 6.96. The van der Waals surface area contributed by atoms with Crippen molar-refractivity contribution >= 4 is 28.3 Å². The molecule has 2 unspecified atom stereocenters. The summed E-state index contributed by atoms with van der Waals surface area (Å²) < 4.78 is 0. The van der Waals surface area contributed by atoms with Crippen molar-refractivity contribution in [3.63, 3.8) is 0 Å². The number of hydrogen-bond donors (Lipinski definition) is 2. The molecule has 1 aromatic carbocycles. The molecule has 1 fully saturated rings. The van der Waals surface area contributed by atoms with Gasteiger partial charge in [0, 0.05) is 17.8 Å². The molecule has 0 saturated heterocycles. The average Bonchev–Trinajstić information content (AvgIpc) is 2.81. The first-order chi connectivity index (χ1) is 9.24. The number of halogens is 1. The van der Waals surface area contributed by atoms with E-state index >= 15 is 0 Å². The maximum absolute atomic E-state index is 9.84. The van der Waals surface area contributed by atoms with E-state index in [4.69, 9.17) is 11.6 Å². The molecule has 1 aliphatic carbocycles. The summed E-state index contributed by atoms with van der Waals surface area (Å²) >= 11 is 5.94. The summed E-state index contributed by atoms with van der Waals surface area (Å²) in [5.41, 5.74) is 0.831. The number of aromatic nitrogens is 2. The molecule has 1 aliphatic rings. The highest BCUT2D eigenvalue weighted by Gasteiger charge is 2.25. The Morgan fingerprint density at radius 2 is 2.11 bits per heavy atom. The fraction of sp³-hybridized carbons (Fsp3) is 0.429. The number of aliphatic hydroxyl groups excluding tert-OH is 1. The Morgan fingerprint density at radius 1 is 1.26 bits per heavy atom. The van der Waals surface area contributed by atoms with Crippen molar-refractivity contribution in [3.8, 4) is 0 Å². The fourth-order valence-electron chi connectivity index (χ4n) is 2.67. The number of benzene rings is 1. The van der Waals surface area contributed by atoms with Crippen LogP contribution in [0.15, 0.2) is 24.3 Å². The molecule has 19 heavy (non-hydrogen) atoms. The minimum absolute atomic E-state index is 0.198. The second kappa shape index (κ2) is 5.31. The Kier molecular flexibility index (Phi) is 3.53. The summed E-state index contributed by atoms with van der Waals surface area (Å²) in [6, 6.07) is 7.77. The van der Waals surface area contributed by atoms with Gasteiger partial charge in [0.05, 0.1) is 11.6 Å². The van der Waals surface area contributed by atoms with E-state index in [9.17, 15) is 5.11 Å².